The lowest BCUT2D eigenvalue weighted by atomic mass is 10.4. The average molecular weight is 179 g/mol. The summed E-state index contributed by atoms with van der Waals surface area (Å²) in [5, 5.41) is 12.9. The Morgan fingerprint density at radius 3 is 3.17 bits per heavy atom. The molecule has 5 heteroatoms. The van der Waals surface area contributed by atoms with Gasteiger partial charge < -0.3 is 0 Å². The van der Waals surface area contributed by atoms with Crippen molar-refractivity contribution in [2.24, 2.45) is 0 Å². The van der Waals surface area contributed by atoms with E-state index in [2.05, 4.69) is 10.1 Å². The number of aromatic nitrogens is 3. The Kier molecular flexibility index (Phi) is 1.45. The monoisotopic (exact) mass is 178 g/mol. The van der Waals surface area contributed by atoms with Crippen LogP contribution in [-0.2, 0) is 0 Å². The molecule has 2 aromatic heterocycles. The second-order valence-corrected chi connectivity index (χ2v) is 2.57. The molecule has 4 nitrogen and oxygen atoms in total. The van der Waals surface area contributed by atoms with Gasteiger partial charge in [-0.2, -0.15) is 10.4 Å². The number of hydrogen-bond donors (Lipinski definition) is 0. The largest absolute Gasteiger partial charge is 0.235 e. The van der Waals surface area contributed by atoms with Gasteiger partial charge in [0.05, 0.1) is 12.4 Å². The first-order chi connectivity index (χ1) is 5.81. The van der Waals surface area contributed by atoms with Gasteiger partial charge in [0.25, 0.3) is 0 Å². The fourth-order valence-electron chi connectivity index (χ4n) is 0.981. The third-order valence-corrected chi connectivity index (χ3v) is 1.65. The summed E-state index contributed by atoms with van der Waals surface area (Å²) in [6.07, 6.45) is 3.14. The zero-order chi connectivity index (χ0) is 8.55. The van der Waals surface area contributed by atoms with Crippen LogP contribution >= 0.6 is 11.6 Å². The van der Waals surface area contributed by atoms with Crippen LogP contribution in [0.4, 0.5) is 0 Å². The summed E-state index contributed by atoms with van der Waals surface area (Å²) >= 11 is 5.64. The van der Waals surface area contributed by atoms with Gasteiger partial charge in [0.15, 0.2) is 5.69 Å². The van der Waals surface area contributed by atoms with E-state index < -0.39 is 0 Å². The van der Waals surface area contributed by atoms with Crippen molar-refractivity contribution in [3.05, 3.63) is 29.3 Å². The summed E-state index contributed by atoms with van der Waals surface area (Å²) < 4.78 is 1.52. The lowest BCUT2D eigenvalue weighted by Gasteiger charge is -1.94. The van der Waals surface area contributed by atoms with Crippen LogP contribution in [0.3, 0.4) is 0 Å². The highest BCUT2D eigenvalue weighted by Crippen LogP contribution is 2.10. The number of halogens is 1. The molecule has 0 unspecified atom stereocenters. The van der Waals surface area contributed by atoms with Crippen molar-refractivity contribution >= 4 is 17.1 Å². The SMILES string of the molecule is N#Cc1nc(Cl)cn2nccc12. The van der Waals surface area contributed by atoms with Crippen molar-refractivity contribution in [2.75, 3.05) is 0 Å². The minimum Gasteiger partial charge on any atom is -0.235 e. The molecule has 58 valence electrons. The molecule has 0 amide bonds. The maximum absolute atomic E-state index is 8.67. The highest BCUT2D eigenvalue weighted by atomic mass is 35.5. The van der Waals surface area contributed by atoms with E-state index in [1.165, 1.54) is 4.52 Å². The number of nitrogens with zero attached hydrogens (tertiary/aromatic N) is 4. The minimum atomic E-state index is 0.266. The van der Waals surface area contributed by atoms with E-state index in [1.807, 2.05) is 6.07 Å². The molecular weight excluding hydrogens is 176 g/mol. The third-order valence-electron chi connectivity index (χ3n) is 1.47. The summed E-state index contributed by atoms with van der Waals surface area (Å²) in [6.45, 7) is 0. The first-order valence-electron chi connectivity index (χ1n) is 3.21. The first kappa shape index (κ1) is 7.07. The number of nitriles is 1. The molecule has 0 saturated heterocycles. The molecule has 0 aliphatic rings. The average Bonchev–Trinajstić information content (AvgIpc) is 2.50. The summed E-state index contributed by atoms with van der Waals surface area (Å²) in [5.74, 6) is 0. The summed E-state index contributed by atoms with van der Waals surface area (Å²) in [7, 11) is 0. The van der Waals surface area contributed by atoms with Crippen molar-refractivity contribution in [2.45, 2.75) is 0 Å². The van der Waals surface area contributed by atoms with Gasteiger partial charge in [-0.25, -0.2) is 9.50 Å². The highest BCUT2D eigenvalue weighted by molar-refractivity contribution is 6.29. The van der Waals surface area contributed by atoms with E-state index in [1.54, 1.807) is 18.5 Å². The number of rotatable bonds is 0. The molecule has 0 aromatic carbocycles. The van der Waals surface area contributed by atoms with Crippen LogP contribution in [0.25, 0.3) is 5.52 Å². The first-order valence-corrected chi connectivity index (χ1v) is 3.59. The van der Waals surface area contributed by atoms with Gasteiger partial charge in [0.2, 0.25) is 0 Å². The van der Waals surface area contributed by atoms with Gasteiger partial charge in [-0.05, 0) is 6.07 Å². The molecule has 0 aliphatic carbocycles. The number of fused-ring (bicyclic) bond motifs is 1. The predicted molar refractivity (Wildman–Crippen MR) is 42.7 cm³/mol. The van der Waals surface area contributed by atoms with Crippen molar-refractivity contribution in [1.29, 1.82) is 5.26 Å². The van der Waals surface area contributed by atoms with E-state index in [4.69, 9.17) is 16.9 Å². The van der Waals surface area contributed by atoms with E-state index >= 15 is 0 Å². The highest BCUT2D eigenvalue weighted by Gasteiger charge is 2.03. The summed E-state index contributed by atoms with van der Waals surface area (Å²) in [5.41, 5.74) is 0.960. The van der Waals surface area contributed by atoms with Gasteiger partial charge in [-0.15, -0.1) is 0 Å². The molecule has 12 heavy (non-hydrogen) atoms. The maximum Gasteiger partial charge on any atom is 0.167 e. The van der Waals surface area contributed by atoms with Crippen LogP contribution in [0.1, 0.15) is 5.69 Å². The quantitative estimate of drug-likeness (QED) is 0.610. The van der Waals surface area contributed by atoms with Crippen LogP contribution in [0.15, 0.2) is 18.5 Å². The standard InChI is InChI=1S/C7H3ClN4/c8-7-4-12-6(1-2-10-12)5(3-9)11-7/h1-2,4H. The molecule has 0 N–H and O–H groups in total. The van der Waals surface area contributed by atoms with E-state index in [0.29, 0.717) is 11.2 Å². The Morgan fingerprint density at radius 1 is 1.58 bits per heavy atom. The van der Waals surface area contributed by atoms with Crippen LogP contribution in [0, 0.1) is 11.3 Å². The number of hydrogen-bond acceptors (Lipinski definition) is 3. The molecule has 0 spiro atoms. The molecule has 2 aromatic rings. The Bertz CT molecular complexity index is 468. The Hall–Kier alpha value is -1.60. The zero-order valence-corrected chi connectivity index (χ0v) is 6.65. The van der Waals surface area contributed by atoms with Crippen molar-refractivity contribution in [3.63, 3.8) is 0 Å². The lowest BCUT2D eigenvalue weighted by Crippen LogP contribution is -1.93. The Morgan fingerprint density at radius 2 is 2.42 bits per heavy atom. The Balaban J connectivity index is 2.91. The minimum absolute atomic E-state index is 0.266. The van der Waals surface area contributed by atoms with Gasteiger partial charge in [-0.1, -0.05) is 11.6 Å². The normalized spacial score (nSPS) is 10.0. The van der Waals surface area contributed by atoms with Crippen LogP contribution in [-0.4, -0.2) is 14.6 Å². The third kappa shape index (κ3) is 0.917. The molecule has 0 atom stereocenters. The molecule has 0 bridgehead atoms. The maximum atomic E-state index is 8.67. The molecular formula is C7H3ClN4. The van der Waals surface area contributed by atoms with Gasteiger partial charge >= 0.3 is 0 Å². The van der Waals surface area contributed by atoms with E-state index in [-0.39, 0.29) is 5.15 Å². The van der Waals surface area contributed by atoms with Gasteiger partial charge in [-0.3, -0.25) is 0 Å². The molecule has 2 rings (SSSR count). The smallest absolute Gasteiger partial charge is 0.167 e. The van der Waals surface area contributed by atoms with Gasteiger partial charge in [0.1, 0.15) is 16.7 Å². The van der Waals surface area contributed by atoms with Crippen LogP contribution < -0.4 is 0 Å². The summed E-state index contributed by atoms with van der Waals surface area (Å²) in [6, 6.07) is 3.65. The second-order valence-electron chi connectivity index (χ2n) is 2.19. The van der Waals surface area contributed by atoms with Crippen molar-refractivity contribution in [1.82, 2.24) is 14.6 Å². The van der Waals surface area contributed by atoms with Gasteiger partial charge in [0, 0.05) is 0 Å². The second kappa shape index (κ2) is 2.47. The zero-order valence-electron chi connectivity index (χ0n) is 5.90. The topological polar surface area (TPSA) is 54.0 Å². The Labute approximate surface area is 73.0 Å². The van der Waals surface area contributed by atoms with E-state index in [0.717, 1.165) is 0 Å². The fourth-order valence-corrected chi connectivity index (χ4v) is 1.16. The van der Waals surface area contributed by atoms with Crippen molar-refractivity contribution < 1.29 is 0 Å². The summed E-state index contributed by atoms with van der Waals surface area (Å²) in [4.78, 5) is 3.84. The molecule has 0 fully saturated rings. The lowest BCUT2D eigenvalue weighted by molar-refractivity contribution is 0.942. The van der Waals surface area contributed by atoms with Crippen LogP contribution in [0.2, 0.25) is 5.15 Å². The molecule has 0 radical (unpaired) electrons. The van der Waals surface area contributed by atoms with Crippen molar-refractivity contribution in [3.8, 4) is 6.07 Å². The molecule has 2 heterocycles. The molecule has 0 aliphatic heterocycles. The predicted octanol–water partition coefficient (Wildman–Crippen LogP) is 1.25. The fraction of sp³-hybridized carbons (Fsp3) is 0. The van der Waals surface area contributed by atoms with Crippen LogP contribution in [0.5, 0.6) is 0 Å². The van der Waals surface area contributed by atoms with E-state index in [9.17, 15) is 0 Å². The molecule has 0 saturated carbocycles.